The highest BCUT2D eigenvalue weighted by atomic mass is 32.1. The molecule has 2 unspecified atom stereocenters. The third-order valence-corrected chi connectivity index (χ3v) is 10.7. The van der Waals surface area contributed by atoms with Gasteiger partial charge in [-0.3, -0.25) is 4.79 Å². The molecule has 1 heterocycles. The fraction of sp³-hybridized carbons (Fsp3) is 0.558. The van der Waals surface area contributed by atoms with Crippen molar-refractivity contribution in [3.05, 3.63) is 58.7 Å². The Balaban J connectivity index is 1.98. The number of nitrogens with zero attached hydrogens (tertiary/aromatic N) is 6. The van der Waals surface area contributed by atoms with Gasteiger partial charge in [-0.15, -0.1) is 20.5 Å². The molecule has 3 rings (SSSR count). The zero-order valence-electron chi connectivity index (χ0n) is 34.0. The number of rotatable bonds is 22. The van der Waals surface area contributed by atoms with Crippen LogP contribution in [-0.2, 0) is 9.53 Å². The Morgan fingerprint density at radius 1 is 0.870 bits per heavy atom. The average Bonchev–Trinajstić information content (AvgIpc) is 3.48. The van der Waals surface area contributed by atoms with Crippen LogP contribution >= 0.6 is 11.3 Å². The van der Waals surface area contributed by atoms with Gasteiger partial charge in [-0.25, -0.2) is 4.79 Å². The van der Waals surface area contributed by atoms with Crippen LogP contribution in [0.25, 0.3) is 0 Å². The minimum Gasteiger partial charge on any atom is -0.462 e. The molecular formula is C43H61N7O3S. The van der Waals surface area contributed by atoms with Crippen molar-refractivity contribution < 1.29 is 14.3 Å². The van der Waals surface area contributed by atoms with Crippen molar-refractivity contribution in [2.24, 2.45) is 38.2 Å². The van der Waals surface area contributed by atoms with Crippen LogP contribution in [0.3, 0.4) is 0 Å². The number of aryl methyl sites for hydroxylation is 1. The van der Waals surface area contributed by atoms with Crippen molar-refractivity contribution in [3.8, 4) is 6.07 Å². The Morgan fingerprint density at radius 2 is 1.48 bits per heavy atom. The average molecular weight is 756 g/mol. The van der Waals surface area contributed by atoms with E-state index in [1.165, 1.54) is 49.9 Å². The highest BCUT2D eigenvalue weighted by molar-refractivity contribution is 7.19. The predicted octanol–water partition coefficient (Wildman–Crippen LogP) is 13.5. The molecule has 0 aliphatic heterocycles. The van der Waals surface area contributed by atoms with Gasteiger partial charge in [0.1, 0.15) is 16.8 Å². The standard InChI is InChI=1S/C43H61N7O3S/c1-10-15-17-32(12-3)26-50(27-33(13-4)18-16-11-2)39-24-37(45-40(51)14-5)38(23-30(39)8)47-49-42-36(25-44)31(9)41(54-42)48-46-35-21-19-34(20-22-35)43(52)53-28-29(6)7/h19-24,29,32-33H,10-18,26-28H2,1-9H3,(H,45,51). The lowest BCUT2D eigenvalue weighted by Crippen LogP contribution is -2.34. The molecular weight excluding hydrogens is 695 g/mol. The number of esters is 1. The van der Waals surface area contributed by atoms with Crippen LogP contribution in [0.1, 0.15) is 133 Å². The highest BCUT2D eigenvalue weighted by Crippen LogP contribution is 2.43. The number of carbonyl (C=O) groups excluding carboxylic acids is 2. The van der Waals surface area contributed by atoms with E-state index in [1.807, 2.05) is 33.8 Å². The molecule has 0 aliphatic rings. The van der Waals surface area contributed by atoms with Crippen LogP contribution in [0.15, 0.2) is 56.9 Å². The van der Waals surface area contributed by atoms with Crippen molar-refractivity contribution in [2.75, 3.05) is 29.9 Å². The number of unbranched alkanes of at least 4 members (excludes halogenated alkanes) is 2. The van der Waals surface area contributed by atoms with E-state index in [-0.39, 0.29) is 17.8 Å². The largest absolute Gasteiger partial charge is 0.462 e. The number of thiophene rings is 1. The molecule has 11 heteroatoms. The first kappa shape index (κ1) is 44.0. The normalized spacial score (nSPS) is 12.7. The Morgan fingerprint density at radius 3 is 2.02 bits per heavy atom. The molecule has 54 heavy (non-hydrogen) atoms. The van der Waals surface area contributed by atoms with E-state index < -0.39 is 0 Å². The number of hydrogen-bond donors (Lipinski definition) is 1. The van der Waals surface area contributed by atoms with Crippen molar-refractivity contribution in [2.45, 2.75) is 120 Å². The molecule has 2 aromatic carbocycles. The molecule has 0 spiro atoms. The van der Waals surface area contributed by atoms with Crippen LogP contribution < -0.4 is 10.2 Å². The van der Waals surface area contributed by atoms with Crippen LogP contribution in [0.5, 0.6) is 0 Å². The van der Waals surface area contributed by atoms with Gasteiger partial charge < -0.3 is 15.0 Å². The van der Waals surface area contributed by atoms with Gasteiger partial charge in [-0.1, -0.05) is 98.3 Å². The van der Waals surface area contributed by atoms with Crippen LogP contribution in [0.2, 0.25) is 0 Å². The summed E-state index contributed by atoms with van der Waals surface area (Å²) in [6, 6.07) is 13.0. The third kappa shape index (κ3) is 13.2. The van der Waals surface area contributed by atoms with Gasteiger partial charge in [-0.05, 0) is 86.4 Å². The van der Waals surface area contributed by atoms with Gasteiger partial charge >= 0.3 is 5.97 Å². The maximum atomic E-state index is 12.8. The Labute approximate surface area is 327 Å². The van der Waals surface area contributed by atoms with Gasteiger partial charge in [-0.2, -0.15) is 5.26 Å². The smallest absolute Gasteiger partial charge is 0.338 e. The van der Waals surface area contributed by atoms with Gasteiger partial charge in [0.05, 0.1) is 29.1 Å². The van der Waals surface area contributed by atoms with E-state index in [9.17, 15) is 14.9 Å². The first-order valence-electron chi connectivity index (χ1n) is 19.8. The van der Waals surface area contributed by atoms with E-state index in [2.05, 4.69) is 77.4 Å². The zero-order valence-corrected chi connectivity index (χ0v) is 34.8. The second kappa shape index (κ2) is 22.7. The minimum absolute atomic E-state index is 0.107. The Kier molecular flexibility index (Phi) is 18.5. The summed E-state index contributed by atoms with van der Waals surface area (Å²) in [5.74, 6) is 0.924. The molecule has 3 aromatic rings. The van der Waals surface area contributed by atoms with E-state index in [4.69, 9.17) is 4.74 Å². The van der Waals surface area contributed by atoms with Crippen LogP contribution in [-0.4, -0.2) is 31.6 Å². The number of amides is 1. The molecule has 0 bridgehead atoms. The van der Waals surface area contributed by atoms with Gasteiger partial charge in [0.15, 0.2) is 5.00 Å². The van der Waals surface area contributed by atoms with Crippen molar-refractivity contribution >= 4 is 56.0 Å². The summed E-state index contributed by atoms with van der Waals surface area (Å²) in [6.07, 6.45) is 9.78. The first-order chi connectivity index (χ1) is 26.0. The maximum absolute atomic E-state index is 12.8. The van der Waals surface area contributed by atoms with Crippen molar-refractivity contribution in [3.63, 3.8) is 0 Å². The Bertz CT molecular complexity index is 1740. The number of nitrogens with one attached hydrogen (secondary N) is 1. The summed E-state index contributed by atoms with van der Waals surface area (Å²) in [7, 11) is 0. The molecule has 1 amide bonds. The van der Waals surface area contributed by atoms with Crippen molar-refractivity contribution in [1.82, 2.24) is 0 Å². The fourth-order valence-electron chi connectivity index (χ4n) is 6.15. The molecule has 0 fully saturated rings. The number of nitriles is 1. The van der Waals surface area contributed by atoms with E-state index in [0.29, 0.717) is 68.6 Å². The molecule has 1 N–H and O–H groups in total. The maximum Gasteiger partial charge on any atom is 0.338 e. The minimum atomic E-state index is -0.380. The number of benzene rings is 2. The lowest BCUT2D eigenvalue weighted by Gasteiger charge is -2.34. The van der Waals surface area contributed by atoms with Gasteiger partial charge in [0, 0.05) is 30.8 Å². The zero-order chi connectivity index (χ0) is 39.6. The van der Waals surface area contributed by atoms with Crippen LogP contribution in [0, 0.1) is 42.9 Å². The van der Waals surface area contributed by atoms with Crippen molar-refractivity contribution in [1.29, 1.82) is 5.26 Å². The number of carbonyl (C=O) groups is 2. The topological polar surface area (TPSA) is 132 Å². The molecule has 0 radical (unpaired) electrons. The quantitative estimate of drug-likeness (QED) is 0.0805. The second-order valence-electron chi connectivity index (χ2n) is 14.6. The predicted molar refractivity (Wildman–Crippen MR) is 223 cm³/mol. The summed E-state index contributed by atoms with van der Waals surface area (Å²) >= 11 is 1.22. The van der Waals surface area contributed by atoms with Gasteiger partial charge in [0.25, 0.3) is 0 Å². The number of ether oxygens (including phenoxy) is 1. The van der Waals surface area contributed by atoms with E-state index in [1.54, 1.807) is 24.3 Å². The number of azo groups is 2. The summed E-state index contributed by atoms with van der Waals surface area (Å²) < 4.78 is 5.31. The lowest BCUT2D eigenvalue weighted by atomic mass is 9.94. The van der Waals surface area contributed by atoms with Crippen LogP contribution in [0.4, 0.5) is 32.8 Å². The highest BCUT2D eigenvalue weighted by Gasteiger charge is 2.22. The second-order valence-corrected chi connectivity index (χ2v) is 15.5. The summed E-state index contributed by atoms with van der Waals surface area (Å²) in [4.78, 5) is 27.7. The lowest BCUT2D eigenvalue weighted by molar-refractivity contribution is -0.115. The first-order valence-corrected chi connectivity index (χ1v) is 20.6. The molecule has 10 nitrogen and oxygen atoms in total. The molecule has 292 valence electrons. The summed E-state index contributed by atoms with van der Waals surface area (Å²) in [6.45, 7) is 21.1. The van der Waals surface area contributed by atoms with E-state index in [0.717, 1.165) is 37.2 Å². The Hall–Kier alpha value is -4.43. The monoisotopic (exact) mass is 755 g/mol. The summed E-state index contributed by atoms with van der Waals surface area (Å²) in [5.41, 5.74) is 5.31. The molecule has 0 saturated carbocycles. The molecule has 2 atom stereocenters. The molecule has 0 aliphatic carbocycles. The van der Waals surface area contributed by atoms with E-state index >= 15 is 0 Å². The number of anilines is 2. The summed E-state index contributed by atoms with van der Waals surface area (Å²) in [5, 5.41) is 32.0. The third-order valence-electron chi connectivity index (χ3n) is 9.66. The fourth-order valence-corrected chi connectivity index (χ4v) is 7.05. The van der Waals surface area contributed by atoms with Gasteiger partial charge in [0.2, 0.25) is 5.91 Å². The molecule has 1 aromatic heterocycles. The number of hydrogen-bond acceptors (Lipinski definition) is 10. The molecule has 0 saturated heterocycles. The SMILES string of the molecule is CCCCC(CC)CN(CC(CC)CCCC)c1cc(NC(=O)CC)c(N=Nc2sc(N=Nc3ccc(C(=O)OCC(C)C)cc3)c(C)c2C#N)cc1C.